The Bertz CT molecular complexity index is 1010. The van der Waals surface area contributed by atoms with Gasteiger partial charge in [-0.1, -0.05) is 24.6 Å². The molecule has 0 aromatic heterocycles. The molecule has 1 amide bonds. The van der Waals surface area contributed by atoms with Crippen molar-refractivity contribution >= 4 is 33.2 Å². The van der Waals surface area contributed by atoms with Crippen molar-refractivity contribution in [2.24, 2.45) is 5.92 Å². The molecule has 150 valence electrons. The molecule has 1 saturated heterocycles. The van der Waals surface area contributed by atoms with Crippen molar-refractivity contribution in [1.29, 1.82) is 0 Å². The minimum absolute atomic E-state index is 0.0664. The van der Waals surface area contributed by atoms with Crippen molar-refractivity contribution in [3.05, 3.63) is 58.4 Å². The molecule has 0 bridgehead atoms. The number of anilines is 1. The van der Waals surface area contributed by atoms with Crippen LogP contribution in [-0.4, -0.2) is 31.7 Å². The molecule has 1 heterocycles. The summed E-state index contributed by atoms with van der Waals surface area (Å²) in [6, 6.07) is 8.20. The van der Waals surface area contributed by atoms with Crippen LogP contribution >= 0.6 is 11.6 Å². The van der Waals surface area contributed by atoms with Gasteiger partial charge in [-0.25, -0.2) is 12.8 Å². The summed E-state index contributed by atoms with van der Waals surface area (Å²) in [6.07, 6.45) is 1.77. The number of carbonyl (C=O) groups excluding carboxylic acids is 1. The maximum absolute atomic E-state index is 13.5. The molecule has 8 heteroatoms. The molecule has 0 aliphatic carbocycles. The van der Waals surface area contributed by atoms with E-state index in [4.69, 9.17) is 11.6 Å². The topological polar surface area (TPSA) is 66.5 Å². The highest BCUT2D eigenvalue weighted by molar-refractivity contribution is 7.89. The Morgan fingerprint density at radius 1 is 1.25 bits per heavy atom. The SMILES string of the molecule is Cc1ccc(F)cc1NC(=O)c1ccc(Cl)c(S(=O)(=O)N2CCC[C@H](C)C2)c1. The molecule has 0 radical (unpaired) electrons. The van der Waals surface area contributed by atoms with Gasteiger partial charge in [-0.3, -0.25) is 4.79 Å². The summed E-state index contributed by atoms with van der Waals surface area (Å²) >= 11 is 6.16. The minimum Gasteiger partial charge on any atom is -0.322 e. The monoisotopic (exact) mass is 424 g/mol. The summed E-state index contributed by atoms with van der Waals surface area (Å²) in [5.74, 6) is -0.738. The predicted octanol–water partition coefficient (Wildman–Crippen LogP) is 4.46. The van der Waals surface area contributed by atoms with Crippen LogP contribution in [0.2, 0.25) is 5.02 Å². The molecule has 1 fully saturated rings. The zero-order chi connectivity index (χ0) is 20.5. The van der Waals surface area contributed by atoms with Gasteiger partial charge in [0.1, 0.15) is 10.7 Å². The van der Waals surface area contributed by atoms with Crippen LogP contribution in [0.3, 0.4) is 0 Å². The van der Waals surface area contributed by atoms with E-state index in [2.05, 4.69) is 5.32 Å². The third kappa shape index (κ3) is 4.37. The second-order valence-corrected chi connectivity index (χ2v) is 9.48. The molecular formula is C20H22ClFN2O3S. The fourth-order valence-electron chi connectivity index (χ4n) is 3.27. The average molecular weight is 425 g/mol. The summed E-state index contributed by atoms with van der Waals surface area (Å²) < 4.78 is 41.0. The first-order valence-corrected chi connectivity index (χ1v) is 10.9. The zero-order valence-corrected chi connectivity index (χ0v) is 17.3. The van der Waals surface area contributed by atoms with Gasteiger partial charge in [-0.05, 0) is 61.6 Å². The first-order valence-electron chi connectivity index (χ1n) is 9.05. The van der Waals surface area contributed by atoms with Gasteiger partial charge in [0.15, 0.2) is 0 Å². The molecule has 0 saturated carbocycles. The standard InChI is InChI=1S/C20H22ClFN2O3S/c1-13-4-3-9-24(12-13)28(26,27)19-10-15(6-8-17(19)21)20(25)23-18-11-16(22)7-5-14(18)2/h5-8,10-11,13H,3-4,9,12H2,1-2H3,(H,23,25)/t13-/m0/s1. The lowest BCUT2D eigenvalue weighted by Crippen LogP contribution is -2.39. The van der Waals surface area contributed by atoms with E-state index >= 15 is 0 Å². The minimum atomic E-state index is -3.81. The second-order valence-electron chi connectivity index (χ2n) is 7.17. The van der Waals surface area contributed by atoms with E-state index in [0.29, 0.717) is 24.3 Å². The van der Waals surface area contributed by atoms with Crippen LogP contribution in [0.25, 0.3) is 0 Å². The number of sulfonamides is 1. The number of nitrogens with one attached hydrogen (secondary N) is 1. The number of piperidine rings is 1. The summed E-state index contributed by atoms with van der Waals surface area (Å²) in [4.78, 5) is 12.5. The quantitative estimate of drug-likeness (QED) is 0.787. The third-order valence-corrected chi connectivity index (χ3v) is 7.23. The van der Waals surface area contributed by atoms with Crippen molar-refractivity contribution in [2.45, 2.75) is 31.6 Å². The van der Waals surface area contributed by atoms with E-state index in [0.717, 1.165) is 12.8 Å². The van der Waals surface area contributed by atoms with Gasteiger partial charge in [0.25, 0.3) is 5.91 Å². The van der Waals surface area contributed by atoms with Gasteiger partial charge in [0.2, 0.25) is 10.0 Å². The van der Waals surface area contributed by atoms with E-state index in [9.17, 15) is 17.6 Å². The first kappa shape index (κ1) is 20.8. The molecule has 28 heavy (non-hydrogen) atoms. The maximum atomic E-state index is 13.5. The number of hydrogen-bond donors (Lipinski definition) is 1. The van der Waals surface area contributed by atoms with Gasteiger partial charge < -0.3 is 5.32 Å². The number of amides is 1. The van der Waals surface area contributed by atoms with E-state index in [1.807, 2.05) is 6.92 Å². The summed E-state index contributed by atoms with van der Waals surface area (Å²) in [5, 5.41) is 2.69. The van der Waals surface area contributed by atoms with Crippen molar-refractivity contribution in [2.75, 3.05) is 18.4 Å². The summed E-state index contributed by atoms with van der Waals surface area (Å²) in [5.41, 5.74) is 1.16. The van der Waals surface area contributed by atoms with Crippen LogP contribution in [0.1, 0.15) is 35.7 Å². The van der Waals surface area contributed by atoms with Gasteiger partial charge in [0, 0.05) is 24.3 Å². The van der Waals surface area contributed by atoms with Gasteiger partial charge in [-0.2, -0.15) is 4.31 Å². The Labute approximate surface area is 169 Å². The van der Waals surface area contributed by atoms with Crippen LogP contribution in [0.4, 0.5) is 10.1 Å². The second kappa shape index (κ2) is 8.19. The molecule has 0 spiro atoms. The molecule has 1 aliphatic rings. The molecule has 1 atom stereocenters. The molecule has 2 aromatic carbocycles. The smallest absolute Gasteiger partial charge is 0.255 e. The largest absolute Gasteiger partial charge is 0.322 e. The number of carbonyl (C=O) groups is 1. The maximum Gasteiger partial charge on any atom is 0.255 e. The lowest BCUT2D eigenvalue weighted by molar-refractivity contribution is 0.102. The van der Waals surface area contributed by atoms with E-state index in [-0.39, 0.29) is 21.4 Å². The Morgan fingerprint density at radius 2 is 2.00 bits per heavy atom. The van der Waals surface area contributed by atoms with E-state index < -0.39 is 21.7 Å². The van der Waals surface area contributed by atoms with E-state index in [1.165, 1.54) is 34.6 Å². The molecule has 1 N–H and O–H groups in total. The number of halogens is 2. The van der Waals surface area contributed by atoms with Gasteiger partial charge >= 0.3 is 0 Å². The molecule has 1 aliphatic heterocycles. The number of rotatable bonds is 4. The summed E-state index contributed by atoms with van der Waals surface area (Å²) in [6.45, 7) is 4.61. The Balaban J connectivity index is 1.90. The van der Waals surface area contributed by atoms with Crippen LogP contribution in [-0.2, 0) is 10.0 Å². The van der Waals surface area contributed by atoms with Crippen LogP contribution in [0.15, 0.2) is 41.3 Å². The van der Waals surface area contributed by atoms with Crippen molar-refractivity contribution in [3.8, 4) is 0 Å². The molecular weight excluding hydrogens is 403 g/mol. The van der Waals surface area contributed by atoms with Crippen molar-refractivity contribution in [1.82, 2.24) is 4.31 Å². The molecule has 2 aromatic rings. The van der Waals surface area contributed by atoms with Gasteiger partial charge in [0.05, 0.1) is 5.02 Å². The van der Waals surface area contributed by atoms with Crippen LogP contribution in [0, 0.1) is 18.7 Å². The van der Waals surface area contributed by atoms with Crippen molar-refractivity contribution < 1.29 is 17.6 Å². The highest BCUT2D eigenvalue weighted by Gasteiger charge is 2.31. The molecule has 0 unspecified atom stereocenters. The highest BCUT2D eigenvalue weighted by Crippen LogP contribution is 2.29. The van der Waals surface area contributed by atoms with Gasteiger partial charge in [-0.15, -0.1) is 0 Å². The normalized spacial score (nSPS) is 18.1. The Morgan fingerprint density at radius 3 is 2.71 bits per heavy atom. The predicted molar refractivity (Wildman–Crippen MR) is 108 cm³/mol. The molecule has 5 nitrogen and oxygen atoms in total. The highest BCUT2D eigenvalue weighted by atomic mass is 35.5. The van der Waals surface area contributed by atoms with Crippen LogP contribution in [0.5, 0.6) is 0 Å². The number of benzene rings is 2. The Kier molecular flexibility index (Phi) is 6.07. The fourth-order valence-corrected chi connectivity index (χ4v) is 5.37. The van der Waals surface area contributed by atoms with Crippen molar-refractivity contribution in [3.63, 3.8) is 0 Å². The summed E-state index contributed by atoms with van der Waals surface area (Å²) in [7, 11) is -3.81. The Hall–Kier alpha value is -1.96. The van der Waals surface area contributed by atoms with E-state index in [1.54, 1.807) is 13.0 Å². The first-order chi connectivity index (χ1) is 13.2. The number of nitrogens with zero attached hydrogens (tertiary/aromatic N) is 1. The number of hydrogen-bond acceptors (Lipinski definition) is 3. The number of aryl methyl sites for hydroxylation is 1. The molecule has 3 rings (SSSR count). The van der Waals surface area contributed by atoms with Crippen LogP contribution < -0.4 is 5.32 Å². The lowest BCUT2D eigenvalue weighted by Gasteiger charge is -2.30. The fraction of sp³-hybridized carbons (Fsp3) is 0.350. The zero-order valence-electron chi connectivity index (χ0n) is 15.7. The third-order valence-electron chi connectivity index (χ3n) is 4.88. The average Bonchev–Trinajstić information content (AvgIpc) is 2.65. The lowest BCUT2D eigenvalue weighted by atomic mass is 10.0.